The van der Waals surface area contributed by atoms with Crippen molar-refractivity contribution in [3.8, 4) is 11.5 Å². The smallest absolute Gasteiger partial charge is 0.237 e. The molecule has 5 rings (SSSR count). The molecule has 0 spiro atoms. The van der Waals surface area contributed by atoms with Crippen molar-refractivity contribution in [2.45, 2.75) is 88.4 Å². The Labute approximate surface area is 206 Å². The van der Waals surface area contributed by atoms with Crippen molar-refractivity contribution in [1.29, 1.82) is 0 Å². The number of aromatic nitrogens is 1. The number of carbonyl (C=O) groups is 2. The molecule has 3 aliphatic rings. The van der Waals surface area contributed by atoms with Crippen LogP contribution in [0.2, 0.25) is 0 Å². The molecule has 2 amide bonds. The Balaban J connectivity index is 1.22. The second kappa shape index (κ2) is 10.4. The highest BCUT2D eigenvalue weighted by Gasteiger charge is 2.33. The van der Waals surface area contributed by atoms with Gasteiger partial charge in [-0.15, -0.1) is 0 Å². The van der Waals surface area contributed by atoms with Gasteiger partial charge in [0.05, 0.1) is 18.7 Å². The molecule has 8 heteroatoms. The number of amides is 2. The van der Waals surface area contributed by atoms with Crippen LogP contribution in [-0.2, 0) is 9.59 Å². The number of nitrogens with zero attached hydrogens (tertiary/aromatic N) is 1. The third-order valence-electron chi connectivity index (χ3n) is 7.05. The number of carbonyl (C=O) groups excluding carboxylic acids is 2. The van der Waals surface area contributed by atoms with E-state index < -0.39 is 0 Å². The monoisotopic (exact) mass is 480 g/mol. The molecule has 2 heterocycles. The molecule has 2 saturated carbocycles. The summed E-state index contributed by atoms with van der Waals surface area (Å²) in [6.45, 7) is 2.66. The molecule has 3 N–H and O–H groups in total. The summed E-state index contributed by atoms with van der Waals surface area (Å²) < 4.78 is 11.8. The van der Waals surface area contributed by atoms with Gasteiger partial charge in [-0.25, -0.2) is 0 Å². The summed E-state index contributed by atoms with van der Waals surface area (Å²) in [5, 5.41) is 10.4. The molecule has 188 valence electrons. The fourth-order valence-corrected chi connectivity index (χ4v) is 4.79. The number of ether oxygens (including phenoxy) is 2. The van der Waals surface area contributed by atoms with Gasteiger partial charge in [0.25, 0.3) is 0 Å². The molecule has 0 unspecified atom stereocenters. The predicted molar refractivity (Wildman–Crippen MR) is 134 cm³/mol. The van der Waals surface area contributed by atoms with Crippen LogP contribution < -0.4 is 25.4 Å². The average molecular weight is 481 g/mol. The van der Waals surface area contributed by atoms with Crippen LogP contribution in [0.15, 0.2) is 24.3 Å². The van der Waals surface area contributed by atoms with Crippen LogP contribution in [0.3, 0.4) is 0 Å². The molecule has 0 radical (unpaired) electrons. The molecule has 1 aliphatic heterocycles. The van der Waals surface area contributed by atoms with Crippen molar-refractivity contribution >= 4 is 22.7 Å². The Bertz CT molecular complexity index is 1080. The number of pyridine rings is 1. The van der Waals surface area contributed by atoms with Crippen LogP contribution in [0.1, 0.15) is 69.9 Å². The first kappa shape index (κ1) is 23.9. The van der Waals surface area contributed by atoms with Crippen molar-refractivity contribution in [1.82, 2.24) is 20.9 Å². The standard InChI is InChI=1S/C27H36N4O4/c1-3-4-18(11-26(32)29-17-7-8-17)30-27(33)24-13-20(15-28-24)35-25-14-22(16-5-6-16)31-23-12-19(34-2)9-10-21(23)25/h9-10,12,14,16-18,20,24,28H,3-8,11,13,15H2,1-2H3,(H,29,32)(H,30,33)/t18-,20+,24-/m0/s1. The Morgan fingerprint density at radius 3 is 2.74 bits per heavy atom. The zero-order valence-electron chi connectivity index (χ0n) is 20.6. The van der Waals surface area contributed by atoms with Gasteiger partial charge in [-0.05, 0) is 44.2 Å². The SMILES string of the molecule is CCC[C@@H](CC(=O)NC1CC1)NC(=O)[C@@H]1C[C@@H](Oc2cc(C3CC3)nc3cc(OC)ccc23)CN1. The van der Waals surface area contributed by atoms with Crippen LogP contribution in [-0.4, -0.2) is 54.7 Å². The number of hydrogen-bond acceptors (Lipinski definition) is 6. The largest absolute Gasteiger partial charge is 0.497 e. The van der Waals surface area contributed by atoms with Crippen molar-refractivity contribution < 1.29 is 19.1 Å². The van der Waals surface area contributed by atoms with E-state index in [4.69, 9.17) is 14.5 Å². The third kappa shape index (κ3) is 6.04. The molecule has 1 aromatic heterocycles. The third-order valence-corrected chi connectivity index (χ3v) is 7.05. The molecule has 3 fully saturated rings. The summed E-state index contributed by atoms with van der Waals surface area (Å²) >= 11 is 0. The van der Waals surface area contributed by atoms with E-state index in [0.29, 0.717) is 31.3 Å². The van der Waals surface area contributed by atoms with Gasteiger partial charge in [0.15, 0.2) is 0 Å². The Kier molecular flexibility index (Phi) is 7.09. The van der Waals surface area contributed by atoms with Crippen LogP contribution in [0, 0.1) is 0 Å². The second-order valence-electron chi connectivity index (χ2n) is 10.2. The van der Waals surface area contributed by atoms with Crippen molar-refractivity contribution in [3.05, 3.63) is 30.0 Å². The van der Waals surface area contributed by atoms with Gasteiger partial charge >= 0.3 is 0 Å². The van der Waals surface area contributed by atoms with E-state index in [2.05, 4.69) is 28.9 Å². The number of methoxy groups -OCH3 is 1. The molecule has 1 aromatic carbocycles. The summed E-state index contributed by atoms with van der Waals surface area (Å²) in [5.74, 6) is 2.06. The maximum Gasteiger partial charge on any atom is 0.237 e. The van der Waals surface area contributed by atoms with Gasteiger partial charge in [0.2, 0.25) is 11.8 Å². The molecule has 2 aliphatic carbocycles. The lowest BCUT2D eigenvalue weighted by Gasteiger charge is -2.20. The van der Waals surface area contributed by atoms with E-state index in [1.807, 2.05) is 18.2 Å². The number of fused-ring (bicyclic) bond motifs is 1. The van der Waals surface area contributed by atoms with Gasteiger partial charge in [-0.2, -0.15) is 0 Å². The normalized spacial score (nSPS) is 22.6. The Morgan fingerprint density at radius 2 is 2.03 bits per heavy atom. The minimum absolute atomic E-state index is 0.0273. The molecule has 0 bridgehead atoms. The summed E-state index contributed by atoms with van der Waals surface area (Å²) in [5.41, 5.74) is 1.93. The topological polar surface area (TPSA) is 102 Å². The number of nitrogens with one attached hydrogen (secondary N) is 3. The average Bonchev–Trinajstić information content (AvgIpc) is 3.78. The van der Waals surface area contributed by atoms with Crippen LogP contribution in [0.4, 0.5) is 0 Å². The Hall–Kier alpha value is -2.87. The lowest BCUT2D eigenvalue weighted by molar-refractivity contribution is -0.125. The minimum Gasteiger partial charge on any atom is -0.497 e. The first-order valence-corrected chi connectivity index (χ1v) is 13.0. The van der Waals surface area contributed by atoms with Crippen LogP contribution >= 0.6 is 0 Å². The maximum atomic E-state index is 13.0. The molecular weight excluding hydrogens is 444 g/mol. The highest BCUT2D eigenvalue weighted by atomic mass is 16.5. The molecule has 8 nitrogen and oxygen atoms in total. The lowest BCUT2D eigenvalue weighted by atomic mass is 10.1. The highest BCUT2D eigenvalue weighted by molar-refractivity contribution is 5.87. The first-order chi connectivity index (χ1) is 17.0. The molecule has 1 saturated heterocycles. The molecular formula is C27H36N4O4. The number of rotatable bonds is 11. The van der Waals surface area contributed by atoms with Crippen molar-refractivity contribution in [2.75, 3.05) is 13.7 Å². The molecule has 35 heavy (non-hydrogen) atoms. The van der Waals surface area contributed by atoms with Gasteiger partial charge in [-0.3, -0.25) is 14.6 Å². The first-order valence-electron chi connectivity index (χ1n) is 13.0. The highest BCUT2D eigenvalue weighted by Crippen LogP contribution is 2.42. The van der Waals surface area contributed by atoms with Gasteiger partial charge in [0, 0.05) is 60.6 Å². The zero-order chi connectivity index (χ0) is 24.4. The van der Waals surface area contributed by atoms with Crippen molar-refractivity contribution in [3.63, 3.8) is 0 Å². The van der Waals surface area contributed by atoms with E-state index in [9.17, 15) is 9.59 Å². The zero-order valence-corrected chi connectivity index (χ0v) is 20.6. The molecule has 3 atom stereocenters. The maximum absolute atomic E-state index is 13.0. The fourth-order valence-electron chi connectivity index (χ4n) is 4.79. The summed E-state index contributed by atoms with van der Waals surface area (Å²) in [7, 11) is 1.66. The van der Waals surface area contributed by atoms with Crippen LogP contribution in [0.5, 0.6) is 11.5 Å². The quantitative estimate of drug-likeness (QED) is 0.457. The molecule has 2 aromatic rings. The van der Waals surface area contributed by atoms with E-state index in [1.165, 1.54) is 0 Å². The van der Waals surface area contributed by atoms with E-state index >= 15 is 0 Å². The second-order valence-corrected chi connectivity index (χ2v) is 10.2. The predicted octanol–water partition coefficient (Wildman–Crippen LogP) is 3.18. The Morgan fingerprint density at radius 1 is 1.20 bits per heavy atom. The van der Waals surface area contributed by atoms with E-state index in [-0.39, 0.29) is 30.0 Å². The van der Waals surface area contributed by atoms with E-state index in [1.54, 1.807) is 7.11 Å². The van der Waals surface area contributed by atoms with Gasteiger partial charge in [-0.1, -0.05) is 13.3 Å². The minimum atomic E-state index is -0.332. The summed E-state index contributed by atoms with van der Waals surface area (Å²) in [6.07, 6.45) is 6.93. The van der Waals surface area contributed by atoms with Gasteiger partial charge in [0.1, 0.15) is 17.6 Å². The van der Waals surface area contributed by atoms with Crippen LogP contribution in [0.25, 0.3) is 10.9 Å². The number of hydrogen-bond donors (Lipinski definition) is 3. The fraction of sp³-hybridized carbons (Fsp3) is 0.593. The summed E-state index contributed by atoms with van der Waals surface area (Å²) in [6, 6.07) is 7.78. The van der Waals surface area contributed by atoms with Gasteiger partial charge < -0.3 is 25.4 Å². The number of benzene rings is 1. The van der Waals surface area contributed by atoms with E-state index in [0.717, 1.165) is 66.6 Å². The lowest BCUT2D eigenvalue weighted by Crippen LogP contribution is -2.46. The van der Waals surface area contributed by atoms with Crippen molar-refractivity contribution in [2.24, 2.45) is 0 Å². The summed E-state index contributed by atoms with van der Waals surface area (Å²) in [4.78, 5) is 30.1.